The van der Waals surface area contributed by atoms with Crippen LogP contribution in [0.2, 0.25) is 5.02 Å². The van der Waals surface area contributed by atoms with Gasteiger partial charge in [-0.2, -0.15) is 0 Å². The van der Waals surface area contributed by atoms with E-state index < -0.39 is 16.1 Å². The molecule has 2 aromatic carbocycles. The van der Waals surface area contributed by atoms with Gasteiger partial charge in [0.25, 0.3) is 15.9 Å². The van der Waals surface area contributed by atoms with Crippen molar-refractivity contribution < 1.29 is 23.1 Å². The number of carbonyl (C=O) groups excluding carboxylic acids is 1. The van der Waals surface area contributed by atoms with E-state index in [-0.39, 0.29) is 40.7 Å². The number of ether oxygens (including phenoxy) is 1. The van der Waals surface area contributed by atoms with Crippen LogP contribution in [0.15, 0.2) is 47.4 Å². The summed E-state index contributed by atoms with van der Waals surface area (Å²) in [6, 6.07) is 10.2. The van der Waals surface area contributed by atoms with E-state index in [4.69, 9.17) is 16.3 Å². The van der Waals surface area contributed by atoms with Gasteiger partial charge in [-0.15, -0.1) is 0 Å². The van der Waals surface area contributed by atoms with Crippen molar-refractivity contribution in [1.29, 1.82) is 0 Å². The van der Waals surface area contributed by atoms with Gasteiger partial charge >= 0.3 is 0 Å². The number of rotatable bonds is 9. The third kappa shape index (κ3) is 6.32. The maximum Gasteiger partial charge on any atom is 0.261 e. The highest BCUT2D eigenvalue weighted by Gasteiger charge is 2.34. The number of carbonyl (C=O) groups is 1. The van der Waals surface area contributed by atoms with Crippen LogP contribution in [-0.4, -0.2) is 74.7 Å². The standard InChI is InChI=1S/C26H34ClN3O5S/c1-17-13-30(18(2)16-31)26(32)23-12-21(28-36(33,34)22-9-6-20(27)7-10-22)8-11-24(23)35-25(17)15-29(3)14-19-4-5-19/h6-12,17-19,25,28,31H,4-5,13-16H2,1-3H3/t17-,18-,25+/m0/s1. The van der Waals surface area contributed by atoms with Gasteiger partial charge in [0, 0.05) is 36.3 Å². The Hall–Kier alpha value is -2.33. The SMILES string of the molecule is C[C@H]1CN([C@@H](C)CO)C(=O)c2cc(NS(=O)(=O)c3ccc(Cl)cc3)ccc2O[C@@H]1CN(C)CC1CC1. The summed E-state index contributed by atoms with van der Waals surface area (Å²) in [6.45, 7) is 5.82. The highest BCUT2D eigenvalue weighted by atomic mass is 35.5. The van der Waals surface area contributed by atoms with Crippen LogP contribution < -0.4 is 9.46 Å². The van der Waals surface area contributed by atoms with Crippen molar-refractivity contribution in [3.05, 3.63) is 53.1 Å². The summed E-state index contributed by atoms with van der Waals surface area (Å²) in [5.41, 5.74) is 0.502. The van der Waals surface area contributed by atoms with Crippen molar-refractivity contribution in [2.45, 2.75) is 43.7 Å². The van der Waals surface area contributed by atoms with E-state index in [1.54, 1.807) is 24.0 Å². The Kier molecular flexibility index (Phi) is 8.14. The van der Waals surface area contributed by atoms with Crippen molar-refractivity contribution in [3.63, 3.8) is 0 Å². The van der Waals surface area contributed by atoms with Crippen molar-refractivity contribution in [2.75, 3.05) is 38.0 Å². The molecule has 2 N–H and O–H groups in total. The van der Waals surface area contributed by atoms with Crippen LogP contribution in [0, 0.1) is 11.8 Å². The Morgan fingerprint density at radius 1 is 1.19 bits per heavy atom. The van der Waals surface area contributed by atoms with E-state index in [1.165, 1.54) is 43.2 Å². The quantitative estimate of drug-likeness (QED) is 0.508. The molecule has 1 saturated carbocycles. The molecular formula is C26H34ClN3O5S. The first-order chi connectivity index (χ1) is 17.1. The molecule has 196 valence electrons. The van der Waals surface area contributed by atoms with Gasteiger partial charge in [-0.25, -0.2) is 8.42 Å². The molecule has 0 radical (unpaired) electrons. The molecule has 1 aliphatic carbocycles. The van der Waals surface area contributed by atoms with Crippen molar-refractivity contribution in [3.8, 4) is 5.75 Å². The van der Waals surface area contributed by atoms with Gasteiger partial charge in [0.15, 0.2) is 0 Å². The third-order valence-corrected chi connectivity index (χ3v) is 8.45. The number of halogens is 1. The molecule has 1 heterocycles. The lowest BCUT2D eigenvalue weighted by Crippen LogP contribution is -2.50. The molecule has 36 heavy (non-hydrogen) atoms. The number of nitrogens with zero attached hydrogens (tertiary/aromatic N) is 2. The highest BCUT2D eigenvalue weighted by Crippen LogP contribution is 2.33. The zero-order chi connectivity index (χ0) is 26.0. The van der Waals surface area contributed by atoms with Gasteiger partial charge < -0.3 is 19.6 Å². The number of amides is 1. The lowest BCUT2D eigenvalue weighted by atomic mass is 9.99. The zero-order valence-electron chi connectivity index (χ0n) is 20.9. The molecule has 0 spiro atoms. The second-order valence-corrected chi connectivity index (χ2v) is 12.2. The van der Waals surface area contributed by atoms with Crippen LogP contribution in [0.5, 0.6) is 5.75 Å². The van der Waals surface area contributed by atoms with E-state index in [0.29, 0.717) is 23.9 Å². The number of aliphatic hydroxyl groups is 1. The first-order valence-corrected chi connectivity index (χ1v) is 14.1. The summed E-state index contributed by atoms with van der Waals surface area (Å²) in [6.07, 6.45) is 2.35. The van der Waals surface area contributed by atoms with E-state index >= 15 is 0 Å². The Labute approximate surface area is 218 Å². The number of hydrogen-bond acceptors (Lipinski definition) is 6. The van der Waals surface area contributed by atoms with Gasteiger partial charge in [-0.3, -0.25) is 9.52 Å². The van der Waals surface area contributed by atoms with Gasteiger partial charge in [0.05, 0.1) is 23.1 Å². The Morgan fingerprint density at radius 2 is 1.89 bits per heavy atom. The molecule has 0 aromatic heterocycles. The summed E-state index contributed by atoms with van der Waals surface area (Å²) >= 11 is 5.89. The molecule has 3 atom stereocenters. The summed E-state index contributed by atoms with van der Waals surface area (Å²) in [7, 11) is -1.80. The maximum atomic E-state index is 13.6. The fourth-order valence-electron chi connectivity index (χ4n) is 4.45. The lowest BCUT2D eigenvalue weighted by Gasteiger charge is -2.38. The van der Waals surface area contributed by atoms with Crippen molar-refractivity contribution in [2.24, 2.45) is 11.8 Å². The van der Waals surface area contributed by atoms with Gasteiger partial charge in [-0.05, 0) is 75.2 Å². The number of sulfonamides is 1. The molecule has 2 aromatic rings. The summed E-state index contributed by atoms with van der Waals surface area (Å²) in [5.74, 6) is 0.868. The van der Waals surface area contributed by atoms with Crippen LogP contribution >= 0.6 is 11.6 Å². The first-order valence-electron chi connectivity index (χ1n) is 12.3. The maximum absolute atomic E-state index is 13.6. The van der Waals surface area contributed by atoms with E-state index in [0.717, 1.165) is 12.5 Å². The minimum absolute atomic E-state index is 0.0286. The largest absolute Gasteiger partial charge is 0.488 e. The summed E-state index contributed by atoms with van der Waals surface area (Å²) < 4.78 is 34.7. The molecule has 4 rings (SSSR count). The normalized spacial score (nSPS) is 21.4. The topological polar surface area (TPSA) is 99.2 Å². The monoisotopic (exact) mass is 535 g/mol. The molecule has 1 aliphatic heterocycles. The lowest BCUT2D eigenvalue weighted by molar-refractivity contribution is 0.0344. The Bertz CT molecular complexity index is 1190. The molecule has 0 saturated heterocycles. The molecule has 8 nitrogen and oxygen atoms in total. The van der Waals surface area contributed by atoms with Crippen LogP contribution in [-0.2, 0) is 10.0 Å². The first kappa shape index (κ1) is 26.7. The van der Waals surface area contributed by atoms with Gasteiger partial charge in [0.2, 0.25) is 0 Å². The van der Waals surface area contributed by atoms with Crippen LogP contribution in [0.4, 0.5) is 5.69 Å². The smallest absolute Gasteiger partial charge is 0.261 e. The third-order valence-electron chi connectivity index (χ3n) is 6.80. The number of aliphatic hydroxyl groups excluding tert-OH is 1. The molecule has 1 fully saturated rings. The molecule has 0 bridgehead atoms. The number of hydrogen-bond donors (Lipinski definition) is 2. The minimum Gasteiger partial charge on any atom is -0.488 e. The number of likely N-dealkylation sites (N-methyl/N-ethyl adjacent to an activating group) is 1. The average molecular weight is 536 g/mol. The highest BCUT2D eigenvalue weighted by molar-refractivity contribution is 7.92. The minimum atomic E-state index is -3.89. The predicted molar refractivity (Wildman–Crippen MR) is 140 cm³/mol. The van der Waals surface area contributed by atoms with Crippen LogP contribution in [0.3, 0.4) is 0 Å². The van der Waals surface area contributed by atoms with Crippen LogP contribution in [0.25, 0.3) is 0 Å². The van der Waals surface area contributed by atoms with Crippen molar-refractivity contribution in [1.82, 2.24) is 9.80 Å². The average Bonchev–Trinajstić information content (AvgIpc) is 3.65. The second-order valence-electron chi connectivity index (χ2n) is 10.1. The fraction of sp³-hybridized carbons (Fsp3) is 0.500. The molecule has 10 heteroatoms. The number of anilines is 1. The molecule has 2 aliphatic rings. The number of nitrogens with one attached hydrogen (secondary N) is 1. The zero-order valence-corrected chi connectivity index (χ0v) is 22.4. The van der Waals surface area contributed by atoms with Gasteiger partial charge in [-0.1, -0.05) is 18.5 Å². The number of benzene rings is 2. The summed E-state index contributed by atoms with van der Waals surface area (Å²) in [4.78, 5) is 17.6. The summed E-state index contributed by atoms with van der Waals surface area (Å²) in [5, 5.41) is 10.3. The Balaban J connectivity index is 1.64. The molecule has 0 unspecified atom stereocenters. The second kappa shape index (κ2) is 11.0. The predicted octanol–water partition coefficient (Wildman–Crippen LogP) is 3.70. The fourth-order valence-corrected chi connectivity index (χ4v) is 5.63. The van der Waals surface area contributed by atoms with Crippen LogP contribution in [0.1, 0.15) is 37.0 Å². The van der Waals surface area contributed by atoms with Crippen molar-refractivity contribution >= 4 is 33.2 Å². The number of fused-ring (bicyclic) bond motifs is 1. The van der Waals surface area contributed by atoms with E-state index in [1.807, 2.05) is 0 Å². The van der Waals surface area contributed by atoms with Gasteiger partial charge in [0.1, 0.15) is 11.9 Å². The molecule has 1 amide bonds. The van der Waals surface area contributed by atoms with E-state index in [9.17, 15) is 18.3 Å². The molecular weight excluding hydrogens is 502 g/mol. The Morgan fingerprint density at radius 3 is 2.53 bits per heavy atom. The van der Waals surface area contributed by atoms with E-state index in [2.05, 4.69) is 23.6 Å².